The smallest absolute Gasteiger partial charge is 0.0267 e. The van der Waals surface area contributed by atoms with Crippen molar-refractivity contribution in [1.29, 1.82) is 0 Å². The number of nitrogens with one attached hydrogen (secondary N) is 1. The SMILES string of the molecule is CC(C)CCCC(NN)C12CC3CC(CC(C)(C3)C1)C2. The molecule has 2 heteroatoms. The first kappa shape index (κ1) is 14.8. The molecule has 116 valence electrons. The van der Waals surface area contributed by atoms with Crippen LogP contribution >= 0.6 is 0 Å². The Morgan fingerprint density at radius 3 is 2.25 bits per heavy atom. The molecule has 3 N–H and O–H groups in total. The lowest BCUT2D eigenvalue weighted by atomic mass is 9.43. The summed E-state index contributed by atoms with van der Waals surface area (Å²) in [5, 5.41) is 0. The van der Waals surface area contributed by atoms with Gasteiger partial charge < -0.3 is 0 Å². The molecule has 4 saturated carbocycles. The van der Waals surface area contributed by atoms with Crippen molar-refractivity contribution in [2.24, 2.45) is 34.4 Å². The first-order chi connectivity index (χ1) is 9.45. The van der Waals surface area contributed by atoms with Crippen LogP contribution in [0, 0.1) is 28.6 Å². The number of hydrogen-bond donors (Lipinski definition) is 2. The first-order valence-electron chi connectivity index (χ1n) is 8.91. The highest BCUT2D eigenvalue weighted by atomic mass is 15.2. The minimum Gasteiger partial charge on any atom is -0.271 e. The van der Waals surface area contributed by atoms with E-state index in [1.807, 2.05) is 0 Å². The molecule has 0 spiro atoms. The molecule has 4 aliphatic carbocycles. The van der Waals surface area contributed by atoms with Crippen LogP contribution in [0.2, 0.25) is 0 Å². The number of hydrogen-bond acceptors (Lipinski definition) is 2. The highest BCUT2D eigenvalue weighted by Crippen LogP contribution is 2.66. The summed E-state index contributed by atoms with van der Waals surface area (Å²) in [5.41, 5.74) is 4.42. The summed E-state index contributed by atoms with van der Waals surface area (Å²) in [5.74, 6) is 8.83. The zero-order valence-electron chi connectivity index (χ0n) is 13.8. The van der Waals surface area contributed by atoms with E-state index >= 15 is 0 Å². The van der Waals surface area contributed by atoms with Gasteiger partial charge in [0.15, 0.2) is 0 Å². The molecule has 4 aliphatic rings. The van der Waals surface area contributed by atoms with Gasteiger partial charge in [-0.3, -0.25) is 11.3 Å². The molecule has 0 amide bonds. The average Bonchev–Trinajstić information content (AvgIpc) is 2.30. The quantitative estimate of drug-likeness (QED) is 0.563. The third kappa shape index (κ3) is 2.66. The second-order valence-electron chi connectivity index (χ2n) is 9.18. The van der Waals surface area contributed by atoms with E-state index < -0.39 is 0 Å². The van der Waals surface area contributed by atoms with Gasteiger partial charge in [-0.25, -0.2) is 0 Å². The molecule has 0 aromatic carbocycles. The molecule has 4 fully saturated rings. The van der Waals surface area contributed by atoms with Crippen LogP contribution in [0.4, 0.5) is 0 Å². The Morgan fingerprint density at radius 1 is 1.10 bits per heavy atom. The zero-order chi connectivity index (χ0) is 14.4. The summed E-state index contributed by atoms with van der Waals surface area (Å²) in [6.45, 7) is 7.22. The molecular weight excluding hydrogens is 244 g/mol. The van der Waals surface area contributed by atoms with Gasteiger partial charge in [-0.2, -0.15) is 0 Å². The molecule has 3 atom stereocenters. The van der Waals surface area contributed by atoms with Crippen LogP contribution in [0.25, 0.3) is 0 Å². The van der Waals surface area contributed by atoms with E-state index in [1.165, 1.54) is 57.8 Å². The Balaban J connectivity index is 1.70. The van der Waals surface area contributed by atoms with Gasteiger partial charge in [-0.15, -0.1) is 0 Å². The number of rotatable bonds is 6. The van der Waals surface area contributed by atoms with Gasteiger partial charge in [0, 0.05) is 6.04 Å². The molecule has 2 nitrogen and oxygen atoms in total. The Bertz CT molecular complexity index is 335. The van der Waals surface area contributed by atoms with Crippen LogP contribution in [0.1, 0.15) is 78.6 Å². The van der Waals surface area contributed by atoms with E-state index in [2.05, 4.69) is 26.2 Å². The Morgan fingerprint density at radius 2 is 1.75 bits per heavy atom. The third-order valence-electron chi connectivity index (χ3n) is 6.61. The molecule has 0 radical (unpaired) electrons. The molecule has 4 bridgehead atoms. The summed E-state index contributed by atoms with van der Waals surface area (Å²) in [7, 11) is 0. The first-order valence-corrected chi connectivity index (χ1v) is 8.91. The molecule has 3 unspecified atom stereocenters. The standard InChI is InChI=1S/C18H34N2/c1-13(2)5-4-6-16(20-19)18-10-14-7-15(11-18)9-17(3,8-14)12-18/h13-16,20H,4-12,19H2,1-3H3. The van der Waals surface area contributed by atoms with Gasteiger partial charge in [-0.05, 0) is 73.5 Å². The van der Waals surface area contributed by atoms with Crippen LogP contribution in [0.5, 0.6) is 0 Å². The van der Waals surface area contributed by atoms with Gasteiger partial charge in [-0.1, -0.05) is 33.6 Å². The second kappa shape index (κ2) is 5.28. The van der Waals surface area contributed by atoms with Gasteiger partial charge >= 0.3 is 0 Å². The molecule has 20 heavy (non-hydrogen) atoms. The lowest BCUT2D eigenvalue weighted by molar-refractivity contribution is -0.119. The summed E-state index contributed by atoms with van der Waals surface area (Å²) >= 11 is 0. The number of hydrazine groups is 1. The van der Waals surface area contributed by atoms with Crippen molar-refractivity contribution < 1.29 is 0 Å². The molecule has 0 aliphatic heterocycles. The van der Waals surface area contributed by atoms with Crippen LogP contribution in [-0.4, -0.2) is 6.04 Å². The monoisotopic (exact) mass is 278 g/mol. The maximum absolute atomic E-state index is 6.00. The van der Waals surface area contributed by atoms with Crippen LogP contribution in [0.15, 0.2) is 0 Å². The molecule has 4 rings (SSSR count). The lowest BCUT2D eigenvalue weighted by Gasteiger charge is -2.63. The summed E-state index contributed by atoms with van der Waals surface area (Å²) in [6, 6.07) is 0.562. The second-order valence-corrected chi connectivity index (χ2v) is 9.18. The largest absolute Gasteiger partial charge is 0.271 e. The van der Waals surface area contributed by atoms with Crippen molar-refractivity contribution in [2.45, 2.75) is 84.6 Å². The van der Waals surface area contributed by atoms with Crippen molar-refractivity contribution in [2.75, 3.05) is 0 Å². The van der Waals surface area contributed by atoms with Crippen molar-refractivity contribution in [3.63, 3.8) is 0 Å². The van der Waals surface area contributed by atoms with Gasteiger partial charge in [0.1, 0.15) is 0 Å². The fourth-order valence-electron chi connectivity index (χ4n) is 6.50. The van der Waals surface area contributed by atoms with Crippen molar-refractivity contribution >= 4 is 0 Å². The van der Waals surface area contributed by atoms with Gasteiger partial charge in [0.2, 0.25) is 0 Å². The third-order valence-corrected chi connectivity index (χ3v) is 6.61. The molecule has 0 heterocycles. The van der Waals surface area contributed by atoms with E-state index in [4.69, 9.17) is 5.84 Å². The Labute approximate surface area is 125 Å². The van der Waals surface area contributed by atoms with E-state index in [9.17, 15) is 0 Å². The van der Waals surface area contributed by atoms with E-state index in [0.29, 0.717) is 16.9 Å². The van der Waals surface area contributed by atoms with Gasteiger partial charge in [0.25, 0.3) is 0 Å². The van der Waals surface area contributed by atoms with E-state index in [1.54, 1.807) is 0 Å². The highest BCUT2D eigenvalue weighted by molar-refractivity contribution is 5.09. The maximum Gasteiger partial charge on any atom is 0.0267 e. The maximum atomic E-state index is 6.00. The lowest BCUT2D eigenvalue weighted by Crippen LogP contribution is -2.59. The van der Waals surface area contributed by atoms with Crippen molar-refractivity contribution in [3.8, 4) is 0 Å². The predicted molar refractivity (Wildman–Crippen MR) is 85.0 cm³/mol. The minimum absolute atomic E-state index is 0.532. The number of nitrogens with two attached hydrogens (primary N) is 1. The zero-order valence-corrected chi connectivity index (χ0v) is 13.8. The molecule has 0 aromatic heterocycles. The average molecular weight is 278 g/mol. The fourth-order valence-corrected chi connectivity index (χ4v) is 6.50. The summed E-state index contributed by atoms with van der Waals surface area (Å²) < 4.78 is 0. The summed E-state index contributed by atoms with van der Waals surface area (Å²) in [6.07, 6.45) is 12.8. The van der Waals surface area contributed by atoms with E-state index in [-0.39, 0.29) is 0 Å². The topological polar surface area (TPSA) is 38.0 Å². The van der Waals surface area contributed by atoms with E-state index in [0.717, 1.165) is 17.8 Å². The highest BCUT2D eigenvalue weighted by Gasteiger charge is 2.57. The summed E-state index contributed by atoms with van der Waals surface area (Å²) in [4.78, 5) is 0. The normalized spacial score (nSPS) is 44.2. The molecular formula is C18H34N2. The fraction of sp³-hybridized carbons (Fsp3) is 1.00. The minimum atomic E-state index is 0.532. The van der Waals surface area contributed by atoms with Crippen LogP contribution in [-0.2, 0) is 0 Å². The molecule has 0 aromatic rings. The Kier molecular flexibility index (Phi) is 3.92. The van der Waals surface area contributed by atoms with Crippen molar-refractivity contribution in [3.05, 3.63) is 0 Å². The van der Waals surface area contributed by atoms with Crippen LogP contribution in [0.3, 0.4) is 0 Å². The predicted octanol–water partition coefficient (Wildman–Crippen LogP) is 4.25. The molecule has 0 saturated heterocycles. The van der Waals surface area contributed by atoms with Crippen molar-refractivity contribution in [1.82, 2.24) is 5.43 Å². The Hall–Kier alpha value is -0.0800. The van der Waals surface area contributed by atoms with Crippen LogP contribution < -0.4 is 11.3 Å². The van der Waals surface area contributed by atoms with Gasteiger partial charge in [0.05, 0.1) is 0 Å².